The minimum Gasteiger partial charge on any atom is -0.491 e. The first-order valence-corrected chi connectivity index (χ1v) is 6.62. The highest BCUT2D eigenvalue weighted by atomic mass is 16.5. The Morgan fingerprint density at radius 3 is 2.74 bits per heavy atom. The first kappa shape index (κ1) is 12.3. The summed E-state index contributed by atoms with van der Waals surface area (Å²) in [4.78, 5) is 15.8. The van der Waals surface area contributed by atoms with E-state index >= 15 is 0 Å². The second-order valence-corrected chi connectivity index (χ2v) is 4.80. The molecule has 2 heterocycles. The van der Waals surface area contributed by atoms with Crippen molar-refractivity contribution in [2.45, 2.75) is 6.42 Å². The number of morpholine rings is 1. The molecule has 0 spiro atoms. The zero-order valence-corrected chi connectivity index (χ0v) is 11.1. The molecule has 5 nitrogen and oxygen atoms in total. The molecule has 1 aromatic carbocycles. The van der Waals surface area contributed by atoms with Gasteiger partial charge in [0, 0.05) is 25.8 Å². The van der Waals surface area contributed by atoms with Gasteiger partial charge < -0.3 is 19.3 Å². The van der Waals surface area contributed by atoms with Gasteiger partial charge >= 0.3 is 0 Å². The molecule has 0 N–H and O–H groups in total. The van der Waals surface area contributed by atoms with Crippen LogP contribution in [0.15, 0.2) is 18.2 Å². The summed E-state index contributed by atoms with van der Waals surface area (Å²) >= 11 is 0. The number of fused-ring (bicyclic) bond motifs is 1. The summed E-state index contributed by atoms with van der Waals surface area (Å²) in [5.41, 5.74) is 1.97. The summed E-state index contributed by atoms with van der Waals surface area (Å²) in [6.45, 7) is 3.73. The molecule has 0 unspecified atom stereocenters. The molecular formula is C14H18N2O3. The second-order valence-electron chi connectivity index (χ2n) is 4.80. The molecule has 0 aliphatic carbocycles. The standard InChI is InChI=1S/C14H18N2O3/c1-15-12-10-11(16-5-8-18-9-6-16)2-3-13(12)19-7-4-14(15)17/h2-3,10H,4-9H2,1H3. The number of hydrogen-bond acceptors (Lipinski definition) is 4. The summed E-state index contributed by atoms with van der Waals surface area (Å²) in [5.74, 6) is 0.878. The van der Waals surface area contributed by atoms with E-state index in [2.05, 4.69) is 4.90 Å². The Morgan fingerprint density at radius 2 is 1.95 bits per heavy atom. The lowest BCUT2D eigenvalue weighted by molar-refractivity contribution is -0.118. The first-order valence-electron chi connectivity index (χ1n) is 6.62. The van der Waals surface area contributed by atoms with Crippen molar-refractivity contribution < 1.29 is 14.3 Å². The number of amides is 1. The van der Waals surface area contributed by atoms with Crippen LogP contribution in [-0.4, -0.2) is 45.9 Å². The third-order valence-electron chi connectivity index (χ3n) is 3.63. The third-order valence-corrected chi connectivity index (χ3v) is 3.63. The molecule has 0 bridgehead atoms. The van der Waals surface area contributed by atoms with Gasteiger partial charge in [-0.3, -0.25) is 4.79 Å². The van der Waals surface area contributed by atoms with Crippen LogP contribution in [0.4, 0.5) is 11.4 Å². The topological polar surface area (TPSA) is 42.0 Å². The monoisotopic (exact) mass is 262 g/mol. The fourth-order valence-corrected chi connectivity index (χ4v) is 2.46. The minimum absolute atomic E-state index is 0.0953. The van der Waals surface area contributed by atoms with Crippen molar-refractivity contribution in [1.29, 1.82) is 0 Å². The van der Waals surface area contributed by atoms with Crippen LogP contribution in [-0.2, 0) is 9.53 Å². The van der Waals surface area contributed by atoms with Gasteiger partial charge in [-0.25, -0.2) is 0 Å². The van der Waals surface area contributed by atoms with Crippen molar-refractivity contribution in [1.82, 2.24) is 0 Å². The van der Waals surface area contributed by atoms with E-state index in [0.29, 0.717) is 13.0 Å². The van der Waals surface area contributed by atoms with E-state index in [1.54, 1.807) is 11.9 Å². The van der Waals surface area contributed by atoms with E-state index in [-0.39, 0.29) is 5.91 Å². The highest BCUT2D eigenvalue weighted by molar-refractivity contribution is 5.95. The van der Waals surface area contributed by atoms with Crippen LogP contribution in [0.5, 0.6) is 5.75 Å². The first-order chi connectivity index (χ1) is 9.25. The van der Waals surface area contributed by atoms with Crippen LogP contribution in [0.3, 0.4) is 0 Å². The maximum atomic E-state index is 11.9. The van der Waals surface area contributed by atoms with E-state index < -0.39 is 0 Å². The van der Waals surface area contributed by atoms with Crippen molar-refractivity contribution in [2.24, 2.45) is 0 Å². The molecule has 1 amide bonds. The smallest absolute Gasteiger partial charge is 0.230 e. The van der Waals surface area contributed by atoms with E-state index in [0.717, 1.165) is 43.4 Å². The Balaban J connectivity index is 1.92. The van der Waals surface area contributed by atoms with Crippen LogP contribution in [0.25, 0.3) is 0 Å². The van der Waals surface area contributed by atoms with Gasteiger partial charge in [0.1, 0.15) is 5.75 Å². The van der Waals surface area contributed by atoms with Crippen LogP contribution in [0, 0.1) is 0 Å². The van der Waals surface area contributed by atoms with Gasteiger partial charge in [-0.2, -0.15) is 0 Å². The van der Waals surface area contributed by atoms with E-state index in [4.69, 9.17) is 9.47 Å². The molecule has 0 atom stereocenters. The number of ether oxygens (including phenoxy) is 2. The molecule has 0 saturated carbocycles. The van der Waals surface area contributed by atoms with Gasteiger partial charge in [-0.05, 0) is 18.2 Å². The number of rotatable bonds is 1. The molecule has 1 saturated heterocycles. The lowest BCUT2D eigenvalue weighted by Crippen LogP contribution is -2.36. The van der Waals surface area contributed by atoms with Crippen LogP contribution in [0.2, 0.25) is 0 Å². The van der Waals surface area contributed by atoms with Gasteiger partial charge in [-0.1, -0.05) is 0 Å². The van der Waals surface area contributed by atoms with Gasteiger partial charge in [0.2, 0.25) is 5.91 Å². The maximum Gasteiger partial charge on any atom is 0.230 e. The van der Waals surface area contributed by atoms with Gasteiger partial charge in [-0.15, -0.1) is 0 Å². The second kappa shape index (κ2) is 5.09. The Morgan fingerprint density at radius 1 is 1.16 bits per heavy atom. The molecule has 0 aromatic heterocycles. The molecule has 102 valence electrons. The molecule has 5 heteroatoms. The number of nitrogens with zero attached hydrogens (tertiary/aromatic N) is 2. The largest absolute Gasteiger partial charge is 0.491 e. The van der Waals surface area contributed by atoms with Crippen molar-refractivity contribution in [3.63, 3.8) is 0 Å². The fraction of sp³-hybridized carbons (Fsp3) is 0.500. The Hall–Kier alpha value is -1.75. The fourth-order valence-electron chi connectivity index (χ4n) is 2.46. The molecule has 2 aliphatic rings. The summed E-state index contributed by atoms with van der Waals surface area (Å²) in [7, 11) is 1.80. The van der Waals surface area contributed by atoms with Crippen LogP contribution in [0.1, 0.15) is 6.42 Å². The molecule has 1 fully saturated rings. The van der Waals surface area contributed by atoms with Gasteiger partial charge in [0.15, 0.2) is 0 Å². The number of anilines is 2. The quantitative estimate of drug-likeness (QED) is 0.764. The Labute approximate surface area is 112 Å². The predicted octanol–water partition coefficient (Wildman–Crippen LogP) is 1.27. The average molecular weight is 262 g/mol. The predicted molar refractivity (Wildman–Crippen MR) is 73.0 cm³/mol. The van der Waals surface area contributed by atoms with Gasteiger partial charge in [0.05, 0.1) is 31.9 Å². The average Bonchev–Trinajstić information content (AvgIpc) is 2.60. The summed E-state index contributed by atoms with van der Waals surface area (Å²) in [6.07, 6.45) is 0.429. The van der Waals surface area contributed by atoms with Crippen LogP contribution < -0.4 is 14.5 Å². The lowest BCUT2D eigenvalue weighted by atomic mass is 10.2. The molecule has 0 radical (unpaired) electrons. The molecule has 3 rings (SSSR count). The van der Waals surface area contributed by atoms with E-state index in [9.17, 15) is 4.79 Å². The summed E-state index contributed by atoms with van der Waals surface area (Å²) in [5, 5.41) is 0. The van der Waals surface area contributed by atoms with Crippen molar-refractivity contribution in [3.8, 4) is 5.75 Å². The highest BCUT2D eigenvalue weighted by Gasteiger charge is 2.21. The normalized spacial score (nSPS) is 19.7. The minimum atomic E-state index is 0.0953. The van der Waals surface area contributed by atoms with Crippen molar-refractivity contribution >= 4 is 17.3 Å². The summed E-state index contributed by atoms with van der Waals surface area (Å²) in [6, 6.07) is 6.03. The SMILES string of the molecule is CN1C(=O)CCOc2ccc(N3CCOCC3)cc21. The zero-order valence-electron chi connectivity index (χ0n) is 11.1. The number of carbonyl (C=O) groups excluding carboxylic acids is 1. The van der Waals surface area contributed by atoms with Crippen molar-refractivity contribution in [3.05, 3.63) is 18.2 Å². The maximum absolute atomic E-state index is 11.9. The number of benzene rings is 1. The Bertz CT molecular complexity index is 484. The lowest BCUT2D eigenvalue weighted by Gasteiger charge is -2.30. The van der Waals surface area contributed by atoms with E-state index in [1.807, 2.05) is 18.2 Å². The number of hydrogen-bond donors (Lipinski definition) is 0. The molecule has 19 heavy (non-hydrogen) atoms. The third kappa shape index (κ3) is 2.38. The summed E-state index contributed by atoms with van der Waals surface area (Å²) < 4.78 is 11.0. The molecule has 2 aliphatic heterocycles. The van der Waals surface area contributed by atoms with E-state index in [1.165, 1.54) is 0 Å². The van der Waals surface area contributed by atoms with Gasteiger partial charge in [0.25, 0.3) is 0 Å². The van der Waals surface area contributed by atoms with Crippen molar-refractivity contribution in [2.75, 3.05) is 49.8 Å². The molecular weight excluding hydrogens is 244 g/mol. The highest BCUT2D eigenvalue weighted by Crippen LogP contribution is 2.34. The van der Waals surface area contributed by atoms with Crippen LogP contribution >= 0.6 is 0 Å². The Kier molecular flexibility index (Phi) is 3.29. The molecule has 1 aromatic rings. The number of carbonyl (C=O) groups is 1. The zero-order chi connectivity index (χ0) is 13.2.